The molecule has 96 valence electrons. The van der Waals surface area contributed by atoms with Crippen LogP contribution in [-0.4, -0.2) is 31.9 Å². The molecule has 3 aromatic rings. The second-order valence-corrected chi connectivity index (χ2v) is 3.99. The molecule has 0 spiro atoms. The quantitative estimate of drug-likeness (QED) is 0.719. The van der Waals surface area contributed by atoms with E-state index in [0.29, 0.717) is 24.1 Å². The molecule has 1 unspecified atom stereocenters. The van der Waals surface area contributed by atoms with E-state index in [-0.39, 0.29) is 5.92 Å². The van der Waals surface area contributed by atoms with Crippen molar-refractivity contribution in [1.29, 1.82) is 0 Å². The van der Waals surface area contributed by atoms with Gasteiger partial charge in [-0.25, -0.2) is 4.98 Å². The van der Waals surface area contributed by atoms with Gasteiger partial charge in [0.25, 0.3) is 0 Å². The zero-order chi connectivity index (χ0) is 13.1. The minimum Gasteiger partial charge on any atom is -0.338 e. The standard InChI is InChI=1S/C12H12N6O/c13-6-9(8-4-2-1-3-5-8)12-16-11(18-19-12)10-14-7-15-17-10/h1-5,7,9H,6,13H2,(H,14,15,17). The van der Waals surface area contributed by atoms with Crippen molar-refractivity contribution in [2.24, 2.45) is 5.73 Å². The number of benzene rings is 1. The van der Waals surface area contributed by atoms with E-state index < -0.39 is 0 Å². The minimum atomic E-state index is -0.120. The first-order chi connectivity index (χ1) is 9.38. The first kappa shape index (κ1) is 11.5. The Hall–Kier alpha value is -2.54. The summed E-state index contributed by atoms with van der Waals surface area (Å²) in [6, 6.07) is 9.81. The molecule has 1 aromatic carbocycles. The number of aromatic nitrogens is 5. The molecular formula is C12H12N6O. The molecule has 7 nitrogen and oxygen atoms in total. The van der Waals surface area contributed by atoms with Crippen LogP contribution in [0.1, 0.15) is 17.4 Å². The van der Waals surface area contributed by atoms with Gasteiger partial charge in [-0.15, -0.1) is 0 Å². The van der Waals surface area contributed by atoms with Crippen LogP contribution >= 0.6 is 0 Å². The first-order valence-electron chi connectivity index (χ1n) is 5.83. The fourth-order valence-electron chi connectivity index (χ4n) is 1.85. The second kappa shape index (κ2) is 4.99. The van der Waals surface area contributed by atoms with E-state index in [9.17, 15) is 0 Å². The molecule has 0 aliphatic carbocycles. The molecule has 0 saturated carbocycles. The summed E-state index contributed by atoms with van der Waals surface area (Å²) < 4.78 is 5.27. The number of H-pyrrole nitrogens is 1. The maximum absolute atomic E-state index is 5.80. The molecule has 1 atom stereocenters. The maximum Gasteiger partial charge on any atom is 0.239 e. The molecular weight excluding hydrogens is 244 g/mol. The van der Waals surface area contributed by atoms with Gasteiger partial charge in [0.2, 0.25) is 11.7 Å². The van der Waals surface area contributed by atoms with E-state index in [2.05, 4.69) is 25.3 Å². The lowest BCUT2D eigenvalue weighted by molar-refractivity contribution is 0.367. The highest BCUT2D eigenvalue weighted by atomic mass is 16.5. The van der Waals surface area contributed by atoms with Crippen LogP contribution in [0.4, 0.5) is 0 Å². The highest BCUT2D eigenvalue weighted by Gasteiger charge is 2.20. The van der Waals surface area contributed by atoms with Gasteiger partial charge in [0, 0.05) is 6.54 Å². The van der Waals surface area contributed by atoms with Crippen LogP contribution in [0, 0.1) is 0 Å². The predicted molar refractivity (Wildman–Crippen MR) is 67.0 cm³/mol. The Balaban J connectivity index is 1.93. The Labute approximate surface area is 108 Å². The molecule has 0 amide bonds. The number of hydrogen-bond donors (Lipinski definition) is 2. The Bertz CT molecular complexity index is 633. The fraction of sp³-hybridized carbons (Fsp3) is 0.167. The largest absolute Gasteiger partial charge is 0.338 e. The van der Waals surface area contributed by atoms with Crippen molar-refractivity contribution in [3.05, 3.63) is 48.1 Å². The van der Waals surface area contributed by atoms with Gasteiger partial charge in [-0.2, -0.15) is 10.1 Å². The van der Waals surface area contributed by atoms with Crippen LogP contribution in [0.25, 0.3) is 11.6 Å². The van der Waals surface area contributed by atoms with E-state index in [1.54, 1.807) is 0 Å². The molecule has 0 fully saturated rings. The zero-order valence-corrected chi connectivity index (χ0v) is 10.0. The van der Waals surface area contributed by atoms with Crippen molar-refractivity contribution in [1.82, 2.24) is 25.3 Å². The highest BCUT2D eigenvalue weighted by Crippen LogP contribution is 2.23. The molecule has 2 aromatic heterocycles. The van der Waals surface area contributed by atoms with Crippen LogP contribution in [0.2, 0.25) is 0 Å². The van der Waals surface area contributed by atoms with Gasteiger partial charge in [-0.1, -0.05) is 35.5 Å². The van der Waals surface area contributed by atoms with E-state index in [0.717, 1.165) is 5.56 Å². The second-order valence-electron chi connectivity index (χ2n) is 3.99. The summed E-state index contributed by atoms with van der Waals surface area (Å²) in [5.74, 6) is 1.20. The molecule has 0 radical (unpaired) electrons. The van der Waals surface area contributed by atoms with Crippen molar-refractivity contribution >= 4 is 0 Å². The van der Waals surface area contributed by atoms with Crippen molar-refractivity contribution in [2.75, 3.05) is 6.54 Å². The number of nitrogens with two attached hydrogens (primary N) is 1. The topological polar surface area (TPSA) is 107 Å². The SMILES string of the molecule is NCC(c1ccccc1)c1nc(-c2ncn[nH]2)no1. The molecule has 0 aliphatic rings. The van der Waals surface area contributed by atoms with Crippen LogP contribution in [0.5, 0.6) is 0 Å². The summed E-state index contributed by atoms with van der Waals surface area (Å²) in [6.45, 7) is 0.391. The number of nitrogens with zero attached hydrogens (tertiary/aromatic N) is 4. The molecule has 0 saturated heterocycles. The zero-order valence-electron chi connectivity index (χ0n) is 10.0. The average Bonchev–Trinajstić information content (AvgIpc) is 3.11. The fourth-order valence-corrected chi connectivity index (χ4v) is 1.85. The third-order valence-corrected chi connectivity index (χ3v) is 2.80. The molecule has 19 heavy (non-hydrogen) atoms. The van der Waals surface area contributed by atoms with Crippen LogP contribution in [-0.2, 0) is 0 Å². The van der Waals surface area contributed by atoms with Gasteiger partial charge in [0.1, 0.15) is 6.33 Å². The minimum absolute atomic E-state index is 0.120. The van der Waals surface area contributed by atoms with Crippen molar-refractivity contribution in [3.8, 4) is 11.6 Å². The number of hydrogen-bond acceptors (Lipinski definition) is 6. The lowest BCUT2D eigenvalue weighted by atomic mass is 9.99. The van der Waals surface area contributed by atoms with Gasteiger partial charge in [0.15, 0.2) is 5.82 Å². The van der Waals surface area contributed by atoms with E-state index >= 15 is 0 Å². The normalized spacial score (nSPS) is 12.5. The van der Waals surface area contributed by atoms with Crippen LogP contribution < -0.4 is 5.73 Å². The van der Waals surface area contributed by atoms with E-state index in [4.69, 9.17) is 10.3 Å². The summed E-state index contributed by atoms with van der Waals surface area (Å²) in [7, 11) is 0. The molecule has 3 N–H and O–H groups in total. The Morgan fingerprint density at radius 3 is 2.79 bits per heavy atom. The van der Waals surface area contributed by atoms with Crippen molar-refractivity contribution in [3.63, 3.8) is 0 Å². The summed E-state index contributed by atoms with van der Waals surface area (Å²) in [5, 5.41) is 10.3. The van der Waals surface area contributed by atoms with Crippen LogP contribution in [0.15, 0.2) is 41.2 Å². The molecule has 7 heteroatoms. The number of rotatable bonds is 4. The Morgan fingerprint density at radius 1 is 1.26 bits per heavy atom. The highest BCUT2D eigenvalue weighted by molar-refractivity contribution is 5.40. The summed E-state index contributed by atoms with van der Waals surface area (Å²) in [5.41, 5.74) is 6.84. The monoisotopic (exact) mass is 256 g/mol. The molecule has 0 aliphatic heterocycles. The number of nitrogens with one attached hydrogen (secondary N) is 1. The summed E-state index contributed by atoms with van der Waals surface area (Å²) in [4.78, 5) is 8.28. The van der Waals surface area contributed by atoms with Crippen LogP contribution in [0.3, 0.4) is 0 Å². The molecule has 2 heterocycles. The molecule has 0 bridgehead atoms. The summed E-state index contributed by atoms with van der Waals surface area (Å²) in [6.07, 6.45) is 1.39. The van der Waals surface area contributed by atoms with Crippen molar-refractivity contribution < 1.29 is 4.52 Å². The first-order valence-corrected chi connectivity index (χ1v) is 5.83. The molecule has 3 rings (SSSR count). The Morgan fingerprint density at radius 2 is 2.11 bits per heavy atom. The lowest BCUT2D eigenvalue weighted by Gasteiger charge is -2.09. The van der Waals surface area contributed by atoms with Crippen molar-refractivity contribution in [2.45, 2.75) is 5.92 Å². The lowest BCUT2D eigenvalue weighted by Crippen LogP contribution is -2.14. The maximum atomic E-state index is 5.80. The van der Waals surface area contributed by atoms with Gasteiger partial charge < -0.3 is 10.3 Å². The number of aromatic amines is 1. The average molecular weight is 256 g/mol. The van der Waals surface area contributed by atoms with Gasteiger partial charge in [-0.3, -0.25) is 5.10 Å². The van der Waals surface area contributed by atoms with E-state index in [1.807, 2.05) is 30.3 Å². The predicted octanol–water partition coefficient (Wildman–Crippen LogP) is 0.945. The Kier molecular flexibility index (Phi) is 3.03. The van der Waals surface area contributed by atoms with Gasteiger partial charge >= 0.3 is 0 Å². The van der Waals surface area contributed by atoms with Gasteiger partial charge in [-0.05, 0) is 5.56 Å². The summed E-state index contributed by atoms with van der Waals surface area (Å²) >= 11 is 0. The van der Waals surface area contributed by atoms with Gasteiger partial charge in [0.05, 0.1) is 5.92 Å². The van der Waals surface area contributed by atoms with E-state index in [1.165, 1.54) is 6.33 Å². The third kappa shape index (κ3) is 2.23. The smallest absolute Gasteiger partial charge is 0.239 e. The third-order valence-electron chi connectivity index (χ3n) is 2.80.